The van der Waals surface area contributed by atoms with Crippen LogP contribution in [0.15, 0.2) is 48.5 Å². The molecule has 3 fully saturated rings. The molecule has 35 heteroatoms. The Bertz CT molecular complexity index is 2950. The minimum absolute atomic E-state index is 0. The molecule has 0 aliphatic heterocycles. The van der Waals surface area contributed by atoms with Crippen molar-refractivity contribution in [2.75, 3.05) is 24.6 Å². The fraction of sp³-hybridized carbons (Fsp3) is 0.638. The molecule has 0 saturated heterocycles. The average molecular weight is 1380 g/mol. The first-order valence-corrected chi connectivity index (χ1v) is 32.3. The monoisotopic (exact) mass is 1380 g/mol. The van der Waals surface area contributed by atoms with E-state index in [9.17, 15) is 89.3 Å². The van der Waals surface area contributed by atoms with Crippen LogP contribution in [0.25, 0.3) is 0 Å². The van der Waals surface area contributed by atoms with Gasteiger partial charge in [0.15, 0.2) is 0 Å². The van der Waals surface area contributed by atoms with Gasteiger partial charge in [0, 0.05) is 75.4 Å². The maximum absolute atomic E-state index is 12.2. The number of aliphatic carboxylic acids is 1. The van der Waals surface area contributed by atoms with E-state index in [0.29, 0.717) is 19.3 Å². The van der Waals surface area contributed by atoms with E-state index in [1.54, 1.807) is 20.8 Å². The van der Waals surface area contributed by atoms with Gasteiger partial charge in [-0.05, 0) is 133 Å². The molecular weight excluding hydrogens is 1290 g/mol. The molecule has 31 nitrogen and oxygen atoms in total. The van der Waals surface area contributed by atoms with Crippen molar-refractivity contribution in [3.63, 3.8) is 0 Å². The Morgan fingerprint density at radius 1 is 0.527 bits per heavy atom. The molecule has 0 heterocycles. The number of benzene rings is 2. The summed E-state index contributed by atoms with van der Waals surface area (Å²) in [7, 11) is -8.34. The van der Waals surface area contributed by atoms with E-state index < -0.39 is 84.7 Å². The van der Waals surface area contributed by atoms with Crippen LogP contribution in [0.5, 0.6) is 11.5 Å². The number of alkyl carbamates (subject to hydrolysis) is 1. The Labute approximate surface area is 585 Å². The number of amides is 1. The third-order valence-corrected chi connectivity index (χ3v) is 15.4. The van der Waals surface area contributed by atoms with E-state index in [1.165, 1.54) is 76.2 Å². The van der Waals surface area contributed by atoms with Gasteiger partial charge >= 0.3 is 95.4 Å². The van der Waals surface area contributed by atoms with Gasteiger partial charge in [0.05, 0.1) is 55.4 Å². The van der Waals surface area contributed by atoms with E-state index in [-0.39, 0.29) is 173 Å². The Kier molecular flexibility index (Phi) is 43.0. The maximum Gasteiger partial charge on any atom is 1.00 e. The third-order valence-electron chi connectivity index (χ3n) is 13.8. The number of ether oxygens (including phenoxy) is 7. The third kappa shape index (κ3) is 42.3. The quantitative estimate of drug-likeness (QED) is 0.0127. The van der Waals surface area contributed by atoms with Crippen LogP contribution < -0.4 is 79.6 Å². The number of nitrogens with two attached hydrogens (primary N) is 1. The van der Waals surface area contributed by atoms with Crippen molar-refractivity contribution in [2.24, 2.45) is 22.0 Å². The van der Waals surface area contributed by atoms with Gasteiger partial charge in [-0.15, -0.1) is 0 Å². The van der Waals surface area contributed by atoms with Crippen LogP contribution in [-0.2, 0) is 72.7 Å². The van der Waals surface area contributed by atoms with Crippen LogP contribution >= 0.6 is 0 Å². The summed E-state index contributed by atoms with van der Waals surface area (Å²) in [4.78, 5) is 123. The molecule has 3 saturated carbocycles. The SMILES string of the molecule is CC(=O)CC1(CC(=O)O)CCCC1.CC(=O)CC1(CC(=O)OC(C)OC(=O)NCCCS(=O)(=O)[O-])CCCC1.CC(=O)CC1(CC(=O)OC(C)OC(=O)Oc2ccc([N+](=O)[O-])cc2)CCCC1.CC(C)OC(=O)Oc1ccc([N+](=O)[O-])cc1.NCCCS(=O)(=O)[O-].[Na+].[Na+]. The van der Waals surface area contributed by atoms with Crippen molar-refractivity contribution in [3.05, 3.63) is 68.8 Å². The second-order valence-electron chi connectivity index (χ2n) is 22.6. The van der Waals surface area contributed by atoms with Crippen molar-refractivity contribution in [2.45, 2.75) is 196 Å². The number of Topliss-reactive ketones (excluding diaryl/α,β-unsaturated/α-hetero) is 3. The molecule has 0 spiro atoms. The molecule has 512 valence electrons. The van der Waals surface area contributed by atoms with Crippen molar-refractivity contribution >= 4 is 85.3 Å². The number of hydrogen-bond donors (Lipinski definition) is 3. The molecule has 3 aliphatic rings. The van der Waals surface area contributed by atoms with E-state index in [2.05, 4.69) is 5.32 Å². The van der Waals surface area contributed by atoms with Crippen molar-refractivity contribution in [1.29, 1.82) is 0 Å². The summed E-state index contributed by atoms with van der Waals surface area (Å²) >= 11 is 0. The zero-order chi connectivity index (χ0) is 69.2. The van der Waals surface area contributed by atoms with Gasteiger partial charge < -0.3 is 72.8 Å². The van der Waals surface area contributed by atoms with Gasteiger partial charge in [-0.2, -0.15) is 0 Å². The minimum Gasteiger partial charge on any atom is -0.748 e. The van der Waals surface area contributed by atoms with Gasteiger partial charge in [-0.3, -0.25) is 34.6 Å². The first-order valence-electron chi connectivity index (χ1n) is 29.2. The molecule has 2 atom stereocenters. The Hall–Kier alpha value is -5.75. The van der Waals surface area contributed by atoms with Gasteiger partial charge in [-0.1, -0.05) is 38.5 Å². The van der Waals surface area contributed by atoms with Crippen LogP contribution in [0, 0.1) is 36.5 Å². The Morgan fingerprint density at radius 3 is 1.14 bits per heavy atom. The van der Waals surface area contributed by atoms with Crippen LogP contribution in [-0.4, -0.2) is 138 Å². The molecule has 1 amide bonds. The topological polar surface area (TPSA) is 477 Å². The number of ketones is 3. The van der Waals surface area contributed by atoms with Crippen LogP contribution in [0.2, 0.25) is 0 Å². The molecule has 2 unspecified atom stereocenters. The number of nitrogens with zero attached hydrogens (tertiary/aromatic N) is 2. The van der Waals surface area contributed by atoms with E-state index in [1.807, 2.05) is 0 Å². The van der Waals surface area contributed by atoms with Crippen LogP contribution in [0.1, 0.15) is 177 Å². The normalized spacial score (nSPS) is 15.2. The maximum atomic E-state index is 12.2. The van der Waals surface area contributed by atoms with E-state index in [0.717, 1.165) is 77.0 Å². The van der Waals surface area contributed by atoms with Gasteiger partial charge in [0.1, 0.15) is 28.8 Å². The summed E-state index contributed by atoms with van der Waals surface area (Å²) in [5.41, 5.74) is 3.77. The number of hydrogen-bond acceptors (Lipinski definition) is 27. The molecule has 3 aliphatic carbocycles. The number of nitro groups is 2. The summed E-state index contributed by atoms with van der Waals surface area (Å²) in [5.74, 6) is -2.35. The number of non-ortho nitro benzene ring substituents is 2. The number of carbonyl (C=O) groups excluding carboxylic acids is 8. The standard InChI is InChI=1S/C19H23NO8.C16H27NO8S.C10H11NO5.C10H16O3.C3H9NO3S.2Na/c1-13(21)11-19(9-3-4-10-19)12-17(22)26-14(2)27-18(23)28-16-7-5-15(6-8-16)20(24)25;1-12(18)10-16(6-3-4-7-16)11-14(19)24-13(2)25-15(20)17-8-5-9-26(21,22)23;1-7(2)15-10(12)16-9-5-3-8(4-6-9)11(13)14;1-8(11)6-10(7-9(12)13)4-2-3-5-10;4-2-1-3-8(5,6)7;;/h5-8,14H,3-4,9-12H2,1-2H3;13H,3-11H2,1-2H3,(H,17,20)(H,21,22,23);3-7H,1-2H3;2-7H2,1H3,(H,12,13);1-4H2,(H,5,6,7);;/q;;;;;2*+1/p-2. The predicted molar refractivity (Wildman–Crippen MR) is 319 cm³/mol. The van der Waals surface area contributed by atoms with Gasteiger partial charge in [-0.25, -0.2) is 31.2 Å². The number of carbonyl (C=O) groups is 9. The fourth-order valence-corrected chi connectivity index (χ4v) is 11.4. The average Bonchev–Trinajstić information content (AvgIpc) is 1.90. The Balaban J connectivity index is 0. The number of carboxylic acids is 1. The second-order valence-corrected chi connectivity index (χ2v) is 25.7. The summed E-state index contributed by atoms with van der Waals surface area (Å²) in [5, 5.41) is 32.0. The number of nitro benzene ring substituents is 2. The van der Waals surface area contributed by atoms with Gasteiger partial charge in [0.25, 0.3) is 11.4 Å². The van der Waals surface area contributed by atoms with Gasteiger partial charge in [0.2, 0.25) is 12.6 Å². The Morgan fingerprint density at radius 2 is 0.849 bits per heavy atom. The molecule has 4 N–H and O–H groups in total. The number of esters is 2. The summed E-state index contributed by atoms with van der Waals surface area (Å²) < 4.78 is 94.9. The molecule has 5 rings (SSSR count). The number of nitrogens with one attached hydrogen (secondary N) is 1. The van der Waals surface area contributed by atoms with E-state index in [4.69, 9.17) is 44.0 Å². The zero-order valence-corrected chi connectivity index (χ0v) is 59.8. The molecule has 2 aromatic carbocycles. The molecule has 0 radical (unpaired) electrons. The first-order chi connectivity index (χ1) is 42.3. The molecule has 2 aromatic rings. The summed E-state index contributed by atoms with van der Waals surface area (Å²) in [6, 6.07) is 10.0. The second kappa shape index (κ2) is 44.8. The fourth-order valence-electron chi connectivity index (χ4n) is 10.4. The predicted octanol–water partition coefficient (Wildman–Crippen LogP) is 2.80. The van der Waals surface area contributed by atoms with E-state index >= 15 is 0 Å². The zero-order valence-electron chi connectivity index (χ0n) is 54.2. The molecular formula is C58H84N4Na2O27S2. The van der Waals surface area contributed by atoms with Crippen molar-refractivity contribution in [1.82, 2.24) is 5.32 Å². The minimum atomic E-state index is -4.32. The van der Waals surface area contributed by atoms with Crippen molar-refractivity contribution in [3.8, 4) is 11.5 Å². The molecule has 0 aromatic heterocycles. The first kappa shape index (κ1) is 89.3. The largest absolute Gasteiger partial charge is 1.00 e. The van der Waals surface area contributed by atoms with Crippen LogP contribution in [0.3, 0.4) is 0 Å². The summed E-state index contributed by atoms with van der Waals surface area (Å²) in [6.07, 6.45) is 7.27. The smallest absolute Gasteiger partial charge is 0.748 e. The summed E-state index contributed by atoms with van der Waals surface area (Å²) in [6.45, 7) is 10.9. The number of rotatable bonds is 28. The van der Waals surface area contributed by atoms with Crippen LogP contribution in [0.4, 0.5) is 25.8 Å². The van der Waals surface area contributed by atoms with Crippen molar-refractivity contribution < 1.29 is 176 Å². The number of carboxylic acid groups (broad SMARTS) is 1. The molecule has 0 bridgehead atoms. The molecule has 93 heavy (non-hydrogen) atoms.